The molecule has 0 fully saturated rings. The highest BCUT2D eigenvalue weighted by molar-refractivity contribution is 6.30. The minimum Gasteiger partial charge on any atom is -0.381 e. The van der Waals surface area contributed by atoms with Crippen LogP contribution in [0.4, 0.5) is 5.69 Å². The normalized spacial score (nSPS) is 10.0. The van der Waals surface area contributed by atoms with Crippen LogP contribution in [0.3, 0.4) is 0 Å². The molecule has 0 aliphatic rings. The molecule has 0 saturated heterocycles. The maximum Gasteiger partial charge on any atom is 0.0991 e. The van der Waals surface area contributed by atoms with Crippen molar-refractivity contribution in [2.75, 3.05) is 5.32 Å². The Balaban J connectivity index is 2.15. The Morgan fingerprint density at radius 2 is 1.89 bits per heavy atom. The fourth-order valence-corrected chi connectivity index (χ4v) is 2.11. The molecule has 19 heavy (non-hydrogen) atoms. The number of halogens is 1. The van der Waals surface area contributed by atoms with Crippen molar-refractivity contribution in [2.24, 2.45) is 0 Å². The number of hydrogen-bond acceptors (Lipinski definition) is 2. The van der Waals surface area contributed by atoms with Crippen LogP contribution < -0.4 is 5.32 Å². The Kier molecular flexibility index (Phi) is 4.09. The van der Waals surface area contributed by atoms with Crippen molar-refractivity contribution in [1.29, 1.82) is 5.26 Å². The van der Waals surface area contributed by atoms with E-state index in [-0.39, 0.29) is 0 Å². The summed E-state index contributed by atoms with van der Waals surface area (Å²) in [5.41, 5.74) is 5.19. The number of hydrogen-bond donors (Lipinski definition) is 1. The Labute approximate surface area is 118 Å². The molecule has 0 aliphatic heterocycles. The van der Waals surface area contributed by atoms with Crippen molar-refractivity contribution in [1.82, 2.24) is 0 Å². The van der Waals surface area contributed by atoms with Crippen molar-refractivity contribution < 1.29 is 0 Å². The first kappa shape index (κ1) is 13.5. The summed E-state index contributed by atoms with van der Waals surface area (Å²) in [4.78, 5) is 0. The molecule has 0 bridgehead atoms. The fourth-order valence-electron chi connectivity index (χ4n) is 1.94. The molecule has 0 saturated carbocycles. The van der Waals surface area contributed by atoms with Gasteiger partial charge in [-0.2, -0.15) is 5.26 Å². The Morgan fingerprint density at radius 1 is 1.11 bits per heavy atom. The van der Waals surface area contributed by atoms with Gasteiger partial charge in [0.1, 0.15) is 0 Å². The summed E-state index contributed by atoms with van der Waals surface area (Å²) in [6, 6.07) is 13.7. The average Bonchev–Trinajstić information content (AvgIpc) is 2.40. The van der Waals surface area contributed by atoms with Crippen LogP contribution in [0.15, 0.2) is 36.4 Å². The lowest BCUT2D eigenvalue weighted by Gasteiger charge is -2.12. The molecule has 0 heterocycles. The number of nitrogens with one attached hydrogen (secondary N) is 1. The topological polar surface area (TPSA) is 35.8 Å². The molecule has 0 amide bonds. The Hall–Kier alpha value is -1.98. The second-order valence-corrected chi connectivity index (χ2v) is 5.00. The summed E-state index contributed by atoms with van der Waals surface area (Å²) >= 11 is 5.99. The first-order chi connectivity index (χ1) is 9.10. The van der Waals surface area contributed by atoms with Crippen LogP contribution in [-0.4, -0.2) is 0 Å². The number of aryl methyl sites for hydroxylation is 2. The molecule has 96 valence electrons. The van der Waals surface area contributed by atoms with Crippen molar-refractivity contribution in [3.8, 4) is 6.07 Å². The van der Waals surface area contributed by atoms with Gasteiger partial charge in [0, 0.05) is 17.3 Å². The molecule has 0 aromatic heterocycles. The second-order valence-electron chi connectivity index (χ2n) is 4.57. The van der Waals surface area contributed by atoms with Crippen LogP contribution in [0, 0.1) is 25.2 Å². The van der Waals surface area contributed by atoms with Gasteiger partial charge in [0.15, 0.2) is 0 Å². The van der Waals surface area contributed by atoms with Crippen LogP contribution in [0.5, 0.6) is 0 Å². The molecule has 2 aromatic carbocycles. The van der Waals surface area contributed by atoms with Gasteiger partial charge in [0.05, 0.1) is 11.6 Å². The fraction of sp³-hybridized carbons (Fsp3) is 0.188. The van der Waals surface area contributed by atoms with Crippen molar-refractivity contribution in [3.63, 3.8) is 0 Å². The van der Waals surface area contributed by atoms with E-state index in [2.05, 4.69) is 11.4 Å². The largest absolute Gasteiger partial charge is 0.381 e. The van der Waals surface area contributed by atoms with E-state index in [9.17, 15) is 0 Å². The third kappa shape index (κ3) is 3.27. The van der Waals surface area contributed by atoms with E-state index in [0.717, 1.165) is 28.4 Å². The molecule has 2 nitrogen and oxygen atoms in total. The van der Waals surface area contributed by atoms with Crippen LogP contribution in [0.2, 0.25) is 5.02 Å². The van der Waals surface area contributed by atoms with E-state index in [0.29, 0.717) is 5.56 Å². The summed E-state index contributed by atoms with van der Waals surface area (Å²) in [5.74, 6) is 0. The number of benzene rings is 2. The molecule has 2 aromatic rings. The molecule has 0 spiro atoms. The van der Waals surface area contributed by atoms with E-state index < -0.39 is 0 Å². The van der Waals surface area contributed by atoms with E-state index in [1.807, 2.05) is 50.2 Å². The van der Waals surface area contributed by atoms with Crippen LogP contribution in [-0.2, 0) is 6.54 Å². The van der Waals surface area contributed by atoms with Crippen molar-refractivity contribution in [2.45, 2.75) is 20.4 Å². The molecule has 1 N–H and O–H groups in total. The summed E-state index contributed by atoms with van der Waals surface area (Å²) in [5, 5.41) is 13.0. The maximum absolute atomic E-state index is 8.85. The Bertz CT molecular complexity index is 642. The summed E-state index contributed by atoms with van der Waals surface area (Å²) < 4.78 is 0. The van der Waals surface area contributed by atoms with Gasteiger partial charge < -0.3 is 5.32 Å². The molecule has 2 rings (SSSR count). The minimum atomic E-state index is 0.695. The maximum atomic E-state index is 8.85. The van der Waals surface area contributed by atoms with Gasteiger partial charge in [-0.3, -0.25) is 0 Å². The quantitative estimate of drug-likeness (QED) is 0.895. The van der Waals surface area contributed by atoms with Gasteiger partial charge in [0.25, 0.3) is 0 Å². The number of rotatable bonds is 3. The summed E-state index contributed by atoms with van der Waals surface area (Å²) in [6.07, 6.45) is 0. The highest BCUT2D eigenvalue weighted by Gasteiger charge is 2.02. The third-order valence-corrected chi connectivity index (χ3v) is 3.38. The monoisotopic (exact) mass is 270 g/mol. The van der Waals surface area contributed by atoms with Gasteiger partial charge in [0.2, 0.25) is 0 Å². The lowest BCUT2D eigenvalue weighted by molar-refractivity contribution is 1.11. The van der Waals surface area contributed by atoms with Crippen LogP contribution in [0.1, 0.15) is 22.3 Å². The molecule has 0 unspecified atom stereocenters. The average molecular weight is 271 g/mol. The van der Waals surface area contributed by atoms with Gasteiger partial charge in [-0.25, -0.2) is 0 Å². The molecule has 0 aliphatic carbocycles. The number of anilines is 1. The highest BCUT2D eigenvalue weighted by atomic mass is 35.5. The smallest absolute Gasteiger partial charge is 0.0991 e. The highest BCUT2D eigenvalue weighted by Crippen LogP contribution is 2.21. The van der Waals surface area contributed by atoms with Crippen LogP contribution >= 0.6 is 11.6 Å². The first-order valence-electron chi connectivity index (χ1n) is 6.10. The second kappa shape index (κ2) is 5.77. The molecular weight excluding hydrogens is 256 g/mol. The predicted molar refractivity (Wildman–Crippen MR) is 79.4 cm³/mol. The molecule has 0 atom stereocenters. The zero-order valence-corrected chi connectivity index (χ0v) is 11.8. The summed E-state index contributed by atoms with van der Waals surface area (Å²) in [7, 11) is 0. The summed E-state index contributed by atoms with van der Waals surface area (Å²) in [6.45, 7) is 4.78. The van der Waals surface area contributed by atoms with E-state index in [1.54, 1.807) is 0 Å². The van der Waals surface area contributed by atoms with Crippen molar-refractivity contribution >= 4 is 17.3 Å². The minimum absolute atomic E-state index is 0.695. The molecule has 0 radical (unpaired) electrons. The van der Waals surface area contributed by atoms with E-state index >= 15 is 0 Å². The number of nitriles is 1. The standard InChI is InChI=1S/C16H15ClN2/c1-11-3-6-15(17)8-16(11)19-10-14-5-4-13(9-18)7-12(14)2/h3-8,19H,10H2,1-2H3. The number of nitrogens with zero attached hydrogens (tertiary/aromatic N) is 1. The lowest BCUT2D eigenvalue weighted by Crippen LogP contribution is -2.03. The van der Waals surface area contributed by atoms with Gasteiger partial charge >= 0.3 is 0 Å². The molecular formula is C16H15ClN2. The zero-order valence-electron chi connectivity index (χ0n) is 11.0. The van der Waals surface area contributed by atoms with Gasteiger partial charge in [-0.15, -0.1) is 0 Å². The Morgan fingerprint density at radius 3 is 2.58 bits per heavy atom. The van der Waals surface area contributed by atoms with Crippen molar-refractivity contribution in [3.05, 3.63) is 63.7 Å². The van der Waals surface area contributed by atoms with E-state index in [4.69, 9.17) is 16.9 Å². The first-order valence-corrected chi connectivity index (χ1v) is 6.47. The third-order valence-electron chi connectivity index (χ3n) is 3.14. The lowest BCUT2D eigenvalue weighted by atomic mass is 10.1. The van der Waals surface area contributed by atoms with Crippen LogP contribution in [0.25, 0.3) is 0 Å². The van der Waals surface area contributed by atoms with E-state index in [1.165, 1.54) is 5.56 Å². The molecule has 3 heteroatoms. The zero-order chi connectivity index (χ0) is 13.8. The van der Waals surface area contributed by atoms with Gasteiger partial charge in [-0.1, -0.05) is 23.7 Å². The van der Waals surface area contributed by atoms with Gasteiger partial charge in [-0.05, 0) is 54.8 Å². The predicted octanol–water partition coefficient (Wildman–Crippen LogP) is 4.44. The SMILES string of the molecule is Cc1cc(C#N)ccc1CNc1cc(Cl)ccc1C.